The van der Waals surface area contributed by atoms with Crippen LogP contribution >= 0.6 is 11.6 Å². The minimum atomic E-state index is -0.325. The average Bonchev–Trinajstić information content (AvgIpc) is 3.72. The molecule has 7 nitrogen and oxygen atoms in total. The van der Waals surface area contributed by atoms with Crippen LogP contribution in [0, 0.1) is 0 Å². The SMILES string of the molecule is O=C(Nc1ccc(Cl)c(C2=Nc3ncc(-c4ccc(OCCN5CCCC5)cc4)cc3C2)c1)c1ccco1. The Morgan fingerprint density at radius 3 is 2.68 bits per heavy atom. The first kappa shape index (κ1) is 24.4. The van der Waals surface area contributed by atoms with Gasteiger partial charge in [-0.25, -0.2) is 9.98 Å². The number of likely N-dealkylation sites (tertiary alicyclic amines) is 1. The molecule has 2 aliphatic heterocycles. The summed E-state index contributed by atoms with van der Waals surface area (Å²) in [7, 11) is 0. The first-order valence-electron chi connectivity index (χ1n) is 12.8. The zero-order valence-electron chi connectivity index (χ0n) is 20.8. The average molecular weight is 527 g/mol. The highest BCUT2D eigenvalue weighted by molar-refractivity contribution is 6.34. The molecule has 4 aromatic rings. The molecule has 4 heterocycles. The summed E-state index contributed by atoms with van der Waals surface area (Å²) >= 11 is 6.52. The lowest BCUT2D eigenvalue weighted by Gasteiger charge is -2.15. The van der Waals surface area contributed by atoms with Crippen LogP contribution in [-0.2, 0) is 6.42 Å². The molecule has 6 rings (SSSR count). The Balaban J connectivity index is 1.12. The number of ether oxygens (including phenoxy) is 1. The lowest BCUT2D eigenvalue weighted by molar-refractivity contribution is 0.0996. The molecule has 0 spiro atoms. The third-order valence-corrected chi connectivity index (χ3v) is 7.21. The topological polar surface area (TPSA) is 80.0 Å². The van der Waals surface area contributed by atoms with Crippen molar-refractivity contribution in [3.05, 3.63) is 95.0 Å². The van der Waals surface area contributed by atoms with E-state index in [2.05, 4.69) is 33.4 Å². The number of benzene rings is 2. The Morgan fingerprint density at radius 2 is 1.89 bits per heavy atom. The molecular formula is C30H27ClN4O3. The second kappa shape index (κ2) is 10.8. The largest absolute Gasteiger partial charge is 0.492 e. The number of anilines is 1. The van der Waals surface area contributed by atoms with Crippen molar-refractivity contribution in [2.75, 3.05) is 31.6 Å². The van der Waals surface area contributed by atoms with E-state index in [1.807, 2.05) is 24.4 Å². The molecule has 2 aliphatic rings. The smallest absolute Gasteiger partial charge is 0.291 e. The normalized spacial score (nSPS) is 14.8. The summed E-state index contributed by atoms with van der Waals surface area (Å²) in [6, 6.07) is 18.9. The zero-order chi connectivity index (χ0) is 25.9. The van der Waals surface area contributed by atoms with Crippen LogP contribution < -0.4 is 10.1 Å². The van der Waals surface area contributed by atoms with Crippen LogP contribution in [0.3, 0.4) is 0 Å². The number of hydrogen-bond donors (Lipinski definition) is 1. The summed E-state index contributed by atoms with van der Waals surface area (Å²) < 4.78 is 11.1. The van der Waals surface area contributed by atoms with Crippen molar-refractivity contribution in [1.29, 1.82) is 0 Å². The fraction of sp³-hybridized carbons (Fsp3) is 0.233. The van der Waals surface area contributed by atoms with Gasteiger partial charge in [-0.2, -0.15) is 0 Å². The van der Waals surface area contributed by atoms with Gasteiger partial charge in [0.25, 0.3) is 5.91 Å². The Bertz CT molecular complexity index is 1480. The van der Waals surface area contributed by atoms with Crippen LogP contribution in [0.5, 0.6) is 5.75 Å². The van der Waals surface area contributed by atoms with E-state index in [1.54, 1.807) is 24.3 Å². The number of aromatic nitrogens is 1. The number of rotatable bonds is 8. The number of fused-ring (bicyclic) bond motifs is 1. The summed E-state index contributed by atoms with van der Waals surface area (Å²) in [5.74, 6) is 1.48. The van der Waals surface area contributed by atoms with Crippen LogP contribution in [0.2, 0.25) is 5.02 Å². The van der Waals surface area contributed by atoms with Crippen molar-refractivity contribution in [3.63, 3.8) is 0 Å². The number of aliphatic imine (C=N–C) groups is 1. The van der Waals surface area contributed by atoms with E-state index < -0.39 is 0 Å². The number of nitrogens with zero attached hydrogens (tertiary/aromatic N) is 3. The maximum atomic E-state index is 12.4. The molecule has 38 heavy (non-hydrogen) atoms. The summed E-state index contributed by atoms with van der Waals surface area (Å²) in [6.07, 6.45) is 6.49. The molecular weight excluding hydrogens is 500 g/mol. The van der Waals surface area contributed by atoms with E-state index in [9.17, 15) is 4.79 Å². The quantitative estimate of drug-likeness (QED) is 0.287. The highest BCUT2D eigenvalue weighted by Crippen LogP contribution is 2.33. The lowest BCUT2D eigenvalue weighted by Crippen LogP contribution is -2.25. The van der Waals surface area contributed by atoms with Gasteiger partial charge >= 0.3 is 0 Å². The molecule has 192 valence electrons. The van der Waals surface area contributed by atoms with E-state index in [0.29, 0.717) is 29.6 Å². The zero-order valence-corrected chi connectivity index (χ0v) is 21.6. The van der Waals surface area contributed by atoms with Crippen molar-refractivity contribution in [3.8, 4) is 16.9 Å². The number of carbonyl (C=O) groups is 1. The van der Waals surface area contributed by atoms with Crippen molar-refractivity contribution in [2.45, 2.75) is 19.3 Å². The van der Waals surface area contributed by atoms with E-state index in [1.165, 1.54) is 32.2 Å². The monoisotopic (exact) mass is 526 g/mol. The first-order chi connectivity index (χ1) is 18.6. The predicted molar refractivity (Wildman–Crippen MR) is 149 cm³/mol. The number of carbonyl (C=O) groups excluding carboxylic acids is 1. The summed E-state index contributed by atoms with van der Waals surface area (Å²) in [5.41, 5.74) is 5.31. The molecule has 0 radical (unpaired) electrons. The molecule has 0 bridgehead atoms. The van der Waals surface area contributed by atoms with Crippen molar-refractivity contribution < 1.29 is 13.9 Å². The fourth-order valence-corrected chi connectivity index (χ4v) is 5.09. The highest BCUT2D eigenvalue weighted by atomic mass is 35.5. The van der Waals surface area contributed by atoms with Crippen LogP contribution in [0.15, 0.2) is 82.5 Å². The molecule has 1 saturated heterocycles. The second-order valence-corrected chi connectivity index (χ2v) is 9.90. The highest BCUT2D eigenvalue weighted by Gasteiger charge is 2.21. The molecule has 8 heteroatoms. The van der Waals surface area contributed by atoms with Crippen molar-refractivity contribution >= 4 is 34.7 Å². The van der Waals surface area contributed by atoms with Crippen LogP contribution in [0.25, 0.3) is 11.1 Å². The van der Waals surface area contributed by atoms with Gasteiger partial charge in [0.1, 0.15) is 12.4 Å². The van der Waals surface area contributed by atoms with Gasteiger partial charge in [0, 0.05) is 46.6 Å². The number of amides is 1. The van der Waals surface area contributed by atoms with E-state index in [4.69, 9.17) is 25.7 Å². The number of hydrogen-bond acceptors (Lipinski definition) is 6. The fourth-order valence-electron chi connectivity index (χ4n) is 4.86. The molecule has 1 N–H and O–H groups in total. The lowest BCUT2D eigenvalue weighted by atomic mass is 10.0. The number of pyridine rings is 1. The van der Waals surface area contributed by atoms with Crippen LogP contribution in [-0.4, -0.2) is 47.7 Å². The Morgan fingerprint density at radius 1 is 1.05 bits per heavy atom. The van der Waals surface area contributed by atoms with Gasteiger partial charge in [0.05, 0.1) is 12.0 Å². The van der Waals surface area contributed by atoms with Gasteiger partial charge in [0.2, 0.25) is 0 Å². The van der Waals surface area contributed by atoms with E-state index in [-0.39, 0.29) is 11.7 Å². The molecule has 2 aromatic carbocycles. The number of halogens is 1. The third kappa shape index (κ3) is 5.35. The van der Waals surface area contributed by atoms with Crippen LogP contribution in [0.1, 0.15) is 34.5 Å². The van der Waals surface area contributed by atoms with Gasteiger partial charge in [-0.3, -0.25) is 9.69 Å². The van der Waals surface area contributed by atoms with E-state index >= 15 is 0 Å². The summed E-state index contributed by atoms with van der Waals surface area (Å²) in [4.78, 5) is 24.2. The number of furan rings is 1. The first-order valence-corrected chi connectivity index (χ1v) is 13.2. The third-order valence-electron chi connectivity index (χ3n) is 6.88. The molecule has 1 amide bonds. The number of nitrogens with one attached hydrogen (secondary N) is 1. The molecule has 1 fully saturated rings. The van der Waals surface area contributed by atoms with E-state index in [0.717, 1.165) is 40.3 Å². The Hall–Kier alpha value is -3.94. The molecule has 2 aromatic heterocycles. The minimum Gasteiger partial charge on any atom is -0.492 e. The van der Waals surface area contributed by atoms with Crippen LogP contribution in [0.4, 0.5) is 11.5 Å². The standard InChI is InChI=1S/C30H27ClN4O3/c31-26-10-7-23(33-30(36)28-4-3-14-38-28)18-25(26)27-17-21-16-22(19-32-29(21)34-27)20-5-8-24(9-6-20)37-15-13-35-11-1-2-12-35/h3-10,14,16,18-19H,1-2,11-13,15,17H2,(H,33,36). The van der Waals surface area contributed by atoms with Gasteiger partial charge in [0.15, 0.2) is 11.6 Å². The minimum absolute atomic E-state index is 0.241. The Labute approximate surface area is 226 Å². The molecule has 0 saturated carbocycles. The van der Waals surface area contributed by atoms with Gasteiger partial charge in [-0.1, -0.05) is 23.7 Å². The molecule has 0 unspecified atom stereocenters. The van der Waals surface area contributed by atoms with Gasteiger partial charge in [-0.15, -0.1) is 0 Å². The Kier molecular flexibility index (Phi) is 6.94. The molecule has 0 aliphatic carbocycles. The summed E-state index contributed by atoms with van der Waals surface area (Å²) in [5, 5.41) is 3.41. The van der Waals surface area contributed by atoms with Gasteiger partial charge in [-0.05, 0) is 80.0 Å². The van der Waals surface area contributed by atoms with Gasteiger partial charge < -0.3 is 14.5 Å². The van der Waals surface area contributed by atoms with Crippen molar-refractivity contribution in [1.82, 2.24) is 9.88 Å². The maximum Gasteiger partial charge on any atom is 0.291 e. The predicted octanol–water partition coefficient (Wildman–Crippen LogP) is 6.40. The maximum absolute atomic E-state index is 12.4. The molecule has 0 atom stereocenters. The van der Waals surface area contributed by atoms with Crippen molar-refractivity contribution in [2.24, 2.45) is 4.99 Å². The second-order valence-electron chi connectivity index (χ2n) is 9.49. The summed E-state index contributed by atoms with van der Waals surface area (Å²) in [6.45, 7) is 4.04.